The van der Waals surface area contributed by atoms with Crippen LogP contribution in [-0.2, 0) is 16.0 Å². The normalized spacial score (nSPS) is 11.8. The van der Waals surface area contributed by atoms with Crippen LogP contribution >= 0.6 is 11.6 Å². The van der Waals surface area contributed by atoms with Gasteiger partial charge in [-0.15, -0.1) is 11.6 Å². The molecule has 1 aromatic rings. The number of amides is 2. The van der Waals surface area contributed by atoms with E-state index in [0.29, 0.717) is 6.42 Å². The second kappa shape index (κ2) is 7.85. The summed E-state index contributed by atoms with van der Waals surface area (Å²) in [5, 5.41) is 5.15. The molecule has 1 atom stereocenters. The van der Waals surface area contributed by atoms with Gasteiger partial charge in [-0.05, 0) is 36.6 Å². The van der Waals surface area contributed by atoms with Gasteiger partial charge in [0.15, 0.2) is 0 Å². The van der Waals surface area contributed by atoms with Crippen molar-refractivity contribution in [3.63, 3.8) is 0 Å². The molecule has 0 heterocycles. The SMILES string of the molecule is CNC(=O)C(CNC(=O)CCl)Cc1ccc(F)cc1C. The molecule has 0 aliphatic carbocycles. The quantitative estimate of drug-likeness (QED) is 0.780. The number of hydrogen-bond acceptors (Lipinski definition) is 2. The van der Waals surface area contributed by atoms with Crippen molar-refractivity contribution in [2.24, 2.45) is 5.92 Å². The van der Waals surface area contributed by atoms with Gasteiger partial charge in [0.1, 0.15) is 11.7 Å². The molecule has 20 heavy (non-hydrogen) atoms. The Morgan fingerprint density at radius 2 is 2.10 bits per heavy atom. The first kappa shape index (κ1) is 16.4. The minimum atomic E-state index is -0.420. The lowest BCUT2D eigenvalue weighted by Crippen LogP contribution is -2.39. The maximum absolute atomic E-state index is 13.1. The zero-order valence-electron chi connectivity index (χ0n) is 11.5. The van der Waals surface area contributed by atoms with Crippen molar-refractivity contribution in [2.75, 3.05) is 19.5 Å². The van der Waals surface area contributed by atoms with E-state index in [9.17, 15) is 14.0 Å². The summed E-state index contributed by atoms with van der Waals surface area (Å²) >= 11 is 5.40. The van der Waals surface area contributed by atoms with Crippen LogP contribution in [0.5, 0.6) is 0 Å². The number of alkyl halides is 1. The fraction of sp³-hybridized carbons (Fsp3) is 0.429. The van der Waals surface area contributed by atoms with Crippen LogP contribution in [0.25, 0.3) is 0 Å². The van der Waals surface area contributed by atoms with Gasteiger partial charge in [-0.3, -0.25) is 9.59 Å². The van der Waals surface area contributed by atoms with Gasteiger partial charge in [0.2, 0.25) is 11.8 Å². The number of hydrogen-bond donors (Lipinski definition) is 2. The van der Waals surface area contributed by atoms with Crippen LogP contribution in [0.1, 0.15) is 11.1 Å². The van der Waals surface area contributed by atoms with Crippen LogP contribution in [0, 0.1) is 18.7 Å². The average molecular weight is 301 g/mol. The smallest absolute Gasteiger partial charge is 0.234 e. The molecule has 1 unspecified atom stereocenters. The standard InChI is InChI=1S/C14H18ClFN2O2/c1-9-5-12(16)4-3-10(9)6-11(14(20)17-2)8-18-13(19)7-15/h3-5,11H,6-8H2,1-2H3,(H,17,20)(H,18,19). The fourth-order valence-corrected chi connectivity index (χ4v) is 1.99. The number of nitrogens with one attached hydrogen (secondary N) is 2. The van der Waals surface area contributed by atoms with Gasteiger partial charge in [-0.1, -0.05) is 6.07 Å². The van der Waals surface area contributed by atoms with Crippen molar-refractivity contribution in [1.82, 2.24) is 10.6 Å². The molecule has 4 nitrogen and oxygen atoms in total. The molecule has 110 valence electrons. The molecule has 2 N–H and O–H groups in total. The van der Waals surface area contributed by atoms with Crippen LogP contribution in [0.4, 0.5) is 4.39 Å². The van der Waals surface area contributed by atoms with Crippen LogP contribution in [-0.4, -0.2) is 31.3 Å². The van der Waals surface area contributed by atoms with Gasteiger partial charge in [0, 0.05) is 13.6 Å². The average Bonchev–Trinajstić information content (AvgIpc) is 2.44. The van der Waals surface area contributed by atoms with E-state index in [0.717, 1.165) is 11.1 Å². The predicted molar refractivity (Wildman–Crippen MR) is 76.1 cm³/mol. The number of rotatable bonds is 6. The molecule has 0 radical (unpaired) electrons. The van der Waals surface area contributed by atoms with E-state index in [4.69, 9.17) is 11.6 Å². The summed E-state index contributed by atoms with van der Waals surface area (Å²) < 4.78 is 13.1. The molecule has 2 amide bonds. The maximum atomic E-state index is 13.1. The summed E-state index contributed by atoms with van der Waals surface area (Å²) in [7, 11) is 1.54. The predicted octanol–water partition coefficient (Wildman–Crippen LogP) is 1.39. The summed E-state index contributed by atoms with van der Waals surface area (Å²) in [5.74, 6) is -1.37. The summed E-state index contributed by atoms with van der Waals surface area (Å²) in [5.41, 5.74) is 1.66. The molecule has 1 rings (SSSR count). The van der Waals surface area contributed by atoms with Crippen molar-refractivity contribution in [1.29, 1.82) is 0 Å². The lowest BCUT2D eigenvalue weighted by molar-refractivity contribution is -0.124. The Balaban J connectivity index is 2.78. The maximum Gasteiger partial charge on any atom is 0.234 e. The van der Waals surface area contributed by atoms with Gasteiger partial charge in [-0.2, -0.15) is 0 Å². The van der Waals surface area contributed by atoms with E-state index >= 15 is 0 Å². The molecule has 0 aromatic heterocycles. The highest BCUT2D eigenvalue weighted by Gasteiger charge is 2.19. The topological polar surface area (TPSA) is 58.2 Å². The lowest BCUT2D eigenvalue weighted by Gasteiger charge is -2.17. The highest BCUT2D eigenvalue weighted by molar-refractivity contribution is 6.27. The molecule has 0 saturated carbocycles. The third kappa shape index (κ3) is 4.81. The molecule has 1 aromatic carbocycles. The molecular formula is C14H18ClFN2O2. The third-order valence-electron chi connectivity index (χ3n) is 3.06. The summed E-state index contributed by atoms with van der Waals surface area (Å²) in [6.45, 7) is 1.98. The molecule has 0 saturated heterocycles. The van der Waals surface area contributed by atoms with Crippen molar-refractivity contribution in [3.05, 3.63) is 35.1 Å². The Hall–Kier alpha value is -1.62. The van der Waals surface area contributed by atoms with Crippen LogP contribution in [0.3, 0.4) is 0 Å². The highest BCUT2D eigenvalue weighted by atomic mass is 35.5. The molecule has 6 heteroatoms. The number of carbonyl (C=O) groups excluding carboxylic acids is 2. The first-order valence-corrected chi connectivity index (χ1v) is 6.80. The van der Waals surface area contributed by atoms with Crippen molar-refractivity contribution >= 4 is 23.4 Å². The largest absolute Gasteiger partial charge is 0.359 e. The van der Waals surface area contributed by atoms with Gasteiger partial charge >= 0.3 is 0 Å². The molecule has 0 fully saturated rings. The minimum absolute atomic E-state index is 0.143. The Kier molecular flexibility index (Phi) is 6.45. The second-order valence-electron chi connectivity index (χ2n) is 4.52. The highest BCUT2D eigenvalue weighted by Crippen LogP contribution is 2.15. The van der Waals surface area contributed by atoms with E-state index in [1.165, 1.54) is 19.2 Å². The van der Waals surface area contributed by atoms with Crippen molar-refractivity contribution < 1.29 is 14.0 Å². The van der Waals surface area contributed by atoms with Gasteiger partial charge in [-0.25, -0.2) is 4.39 Å². The number of benzene rings is 1. The van der Waals surface area contributed by atoms with E-state index in [2.05, 4.69) is 10.6 Å². The van der Waals surface area contributed by atoms with E-state index in [-0.39, 0.29) is 30.1 Å². The Morgan fingerprint density at radius 3 is 2.65 bits per heavy atom. The molecule has 0 spiro atoms. The van der Waals surface area contributed by atoms with E-state index in [1.54, 1.807) is 13.0 Å². The first-order valence-electron chi connectivity index (χ1n) is 6.27. The number of halogens is 2. The molecule has 0 aliphatic rings. The van der Waals surface area contributed by atoms with E-state index in [1.807, 2.05) is 0 Å². The van der Waals surface area contributed by atoms with Gasteiger partial charge in [0.05, 0.1) is 5.92 Å². The summed E-state index contributed by atoms with van der Waals surface area (Å²) in [4.78, 5) is 23.0. The first-order chi connectivity index (χ1) is 9.47. The molecular weight excluding hydrogens is 283 g/mol. The van der Waals surface area contributed by atoms with Crippen molar-refractivity contribution in [3.8, 4) is 0 Å². The van der Waals surface area contributed by atoms with Crippen LogP contribution in [0.2, 0.25) is 0 Å². The number of carbonyl (C=O) groups is 2. The van der Waals surface area contributed by atoms with Gasteiger partial charge < -0.3 is 10.6 Å². The van der Waals surface area contributed by atoms with Crippen LogP contribution < -0.4 is 10.6 Å². The Bertz CT molecular complexity index is 494. The van der Waals surface area contributed by atoms with E-state index < -0.39 is 5.92 Å². The second-order valence-corrected chi connectivity index (χ2v) is 4.79. The lowest BCUT2D eigenvalue weighted by atomic mass is 9.95. The summed E-state index contributed by atoms with van der Waals surface area (Å²) in [6, 6.07) is 4.44. The monoisotopic (exact) mass is 300 g/mol. The Labute approximate surface area is 122 Å². The molecule has 0 aliphatic heterocycles. The van der Waals surface area contributed by atoms with Gasteiger partial charge in [0.25, 0.3) is 0 Å². The zero-order chi connectivity index (χ0) is 15.1. The zero-order valence-corrected chi connectivity index (χ0v) is 12.3. The fourth-order valence-electron chi connectivity index (χ4n) is 1.90. The molecule has 0 bridgehead atoms. The Morgan fingerprint density at radius 1 is 1.40 bits per heavy atom. The van der Waals surface area contributed by atoms with Crippen molar-refractivity contribution in [2.45, 2.75) is 13.3 Å². The third-order valence-corrected chi connectivity index (χ3v) is 3.30. The summed E-state index contributed by atoms with van der Waals surface area (Å²) in [6.07, 6.45) is 0.425. The van der Waals surface area contributed by atoms with Crippen LogP contribution in [0.15, 0.2) is 18.2 Å². The minimum Gasteiger partial charge on any atom is -0.359 e. The number of aryl methyl sites for hydroxylation is 1.